The van der Waals surface area contributed by atoms with Crippen molar-refractivity contribution in [3.05, 3.63) is 83.6 Å². The van der Waals surface area contributed by atoms with Gasteiger partial charge in [0.1, 0.15) is 11.6 Å². The Morgan fingerprint density at radius 1 is 1.03 bits per heavy atom. The van der Waals surface area contributed by atoms with Crippen molar-refractivity contribution in [3.63, 3.8) is 0 Å². The third-order valence-electron chi connectivity index (χ3n) is 5.63. The van der Waals surface area contributed by atoms with E-state index in [0.29, 0.717) is 5.82 Å². The monoisotopic (exact) mass is 464 g/mol. The van der Waals surface area contributed by atoms with Gasteiger partial charge in [-0.15, -0.1) is 17.0 Å². The third-order valence-corrected chi connectivity index (χ3v) is 5.63. The van der Waals surface area contributed by atoms with E-state index in [1.807, 2.05) is 42.7 Å². The van der Waals surface area contributed by atoms with Crippen molar-refractivity contribution in [3.8, 4) is 0 Å². The maximum atomic E-state index is 5.78. The molecule has 0 amide bonds. The first-order valence-corrected chi connectivity index (χ1v) is 10.1. The molecule has 3 N–H and O–H groups in total. The van der Waals surface area contributed by atoms with Crippen LogP contribution >= 0.6 is 17.0 Å². The summed E-state index contributed by atoms with van der Waals surface area (Å²) in [5.74, 6) is 1.51. The molecule has 5 rings (SSSR count). The molecule has 1 aromatic carbocycles. The molecule has 0 bridgehead atoms. The van der Waals surface area contributed by atoms with Gasteiger partial charge in [0.25, 0.3) is 0 Å². The zero-order chi connectivity index (χ0) is 19.6. The number of fused-ring (bicyclic) bond motifs is 2. The molecule has 0 radical (unpaired) electrons. The fraction of sp³-hybridized carbons (Fsp3) is 0.261. The van der Waals surface area contributed by atoms with E-state index in [-0.39, 0.29) is 23.0 Å². The molecule has 0 aliphatic heterocycles. The Balaban J connectivity index is 0.00000218. The standard InChI is InChI=1S/C23H24N6.BrH/c24-21-11-10-16(13-26-21)14-29(15-22-27-18-7-1-2-8-19(18)28-22)20-9-3-5-17-6-4-12-25-23(17)20;/h1-2,4,6-8,10-13,20H,3,5,9,14-15H2,(H2,24,26)(H,27,28);1H. The molecule has 6 nitrogen and oxygen atoms in total. The van der Waals surface area contributed by atoms with E-state index in [4.69, 9.17) is 15.7 Å². The first-order chi connectivity index (χ1) is 14.3. The van der Waals surface area contributed by atoms with Gasteiger partial charge >= 0.3 is 0 Å². The van der Waals surface area contributed by atoms with Crippen molar-refractivity contribution >= 4 is 33.8 Å². The molecular formula is C23H25BrN6. The van der Waals surface area contributed by atoms with Gasteiger partial charge in [-0.05, 0) is 54.7 Å². The lowest BCUT2D eigenvalue weighted by Gasteiger charge is -2.34. The smallest absolute Gasteiger partial charge is 0.123 e. The second kappa shape index (κ2) is 8.93. The van der Waals surface area contributed by atoms with Gasteiger partial charge in [0.2, 0.25) is 0 Å². The Morgan fingerprint density at radius 3 is 2.77 bits per heavy atom. The molecule has 3 aromatic heterocycles. The van der Waals surface area contributed by atoms with Crippen molar-refractivity contribution in [2.45, 2.75) is 38.4 Å². The van der Waals surface area contributed by atoms with Crippen LogP contribution in [0.15, 0.2) is 60.9 Å². The van der Waals surface area contributed by atoms with Crippen LogP contribution in [-0.2, 0) is 19.5 Å². The number of para-hydroxylation sites is 2. The number of imidazole rings is 1. The predicted molar refractivity (Wildman–Crippen MR) is 124 cm³/mol. The highest BCUT2D eigenvalue weighted by Crippen LogP contribution is 2.34. The fourth-order valence-electron chi connectivity index (χ4n) is 4.25. The van der Waals surface area contributed by atoms with Gasteiger partial charge < -0.3 is 10.7 Å². The summed E-state index contributed by atoms with van der Waals surface area (Å²) in [6.45, 7) is 1.49. The molecule has 1 unspecified atom stereocenters. The first kappa shape index (κ1) is 20.5. The van der Waals surface area contributed by atoms with Crippen molar-refractivity contribution in [2.75, 3.05) is 5.73 Å². The molecule has 0 saturated carbocycles. The maximum Gasteiger partial charge on any atom is 0.123 e. The third kappa shape index (κ3) is 4.22. The van der Waals surface area contributed by atoms with Gasteiger partial charge in [-0.25, -0.2) is 9.97 Å². The first-order valence-electron chi connectivity index (χ1n) is 10.1. The molecule has 0 spiro atoms. The minimum Gasteiger partial charge on any atom is -0.384 e. The van der Waals surface area contributed by atoms with E-state index < -0.39 is 0 Å². The molecule has 0 fully saturated rings. The molecule has 7 heteroatoms. The van der Waals surface area contributed by atoms with Crippen LogP contribution in [0, 0.1) is 0 Å². The van der Waals surface area contributed by atoms with Gasteiger partial charge in [-0.1, -0.05) is 24.3 Å². The van der Waals surface area contributed by atoms with Gasteiger partial charge in [0.15, 0.2) is 0 Å². The Bertz CT molecular complexity index is 1090. The average molecular weight is 465 g/mol. The zero-order valence-electron chi connectivity index (χ0n) is 16.7. The number of aromatic nitrogens is 4. The van der Waals surface area contributed by atoms with E-state index in [2.05, 4.69) is 33.1 Å². The Morgan fingerprint density at radius 2 is 1.93 bits per heavy atom. The molecule has 4 aromatic rings. The number of hydrogen-bond donors (Lipinski definition) is 2. The van der Waals surface area contributed by atoms with Crippen LogP contribution < -0.4 is 5.73 Å². The number of nitrogens with zero attached hydrogens (tertiary/aromatic N) is 4. The Hall–Kier alpha value is -2.77. The number of halogens is 1. The highest BCUT2D eigenvalue weighted by atomic mass is 79.9. The highest BCUT2D eigenvalue weighted by Gasteiger charge is 2.28. The van der Waals surface area contributed by atoms with E-state index in [9.17, 15) is 0 Å². The van der Waals surface area contributed by atoms with Crippen LogP contribution in [0.1, 0.15) is 41.5 Å². The van der Waals surface area contributed by atoms with Crippen LogP contribution in [0.2, 0.25) is 0 Å². The minimum absolute atomic E-state index is 0. The van der Waals surface area contributed by atoms with Gasteiger partial charge in [-0.3, -0.25) is 9.88 Å². The maximum absolute atomic E-state index is 5.78. The lowest BCUT2D eigenvalue weighted by molar-refractivity contribution is 0.153. The molecule has 1 aliphatic rings. The number of H-pyrrole nitrogens is 1. The van der Waals surface area contributed by atoms with Crippen molar-refractivity contribution < 1.29 is 0 Å². The second-order valence-corrected chi connectivity index (χ2v) is 7.65. The summed E-state index contributed by atoms with van der Waals surface area (Å²) in [6.07, 6.45) is 7.12. The minimum atomic E-state index is 0. The normalized spacial score (nSPS) is 15.7. The topological polar surface area (TPSA) is 83.7 Å². The molecule has 154 valence electrons. The van der Waals surface area contributed by atoms with Crippen LogP contribution in [0.5, 0.6) is 0 Å². The molecular weight excluding hydrogens is 440 g/mol. The van der Waals surface area contributed by atoms with Gasteiger partial charge in [0.05, 0.1) is 29.3 Å². The number of aromatic amines is 1. The molecule has 3 heterocycles. The van der Waals surface area contributed by atoms with E-state index in [1.54, 1.807) is 0 Å². The van der Waals surface area contributed by atoms with E-state index in [0.717, 1.165) is 48.4 Å². The number of hydrogen-bond acceptors (Lipinski definition) is 5. The predicted octanol–water partition coefficient (Wildman–Crippen LogP) is 4.59. The number of anilines is 1. The highest BCUT2D eigenvalue weighted by molar-refractivity contribution is 8.93. The fourth-order valence-corrected chi connectivity index (χ4v) is 4.25. The van der Waals surface area contributed by atoms with Crippen LogP contribution in [0.25, 0.3) is 11.0 Å². The van der Waals surface area contributed by atoms with Gasteiger partial charge in [0, 0.05) is 18.9 Å². The summed E-state index contributed by atoms with van der Waals surface area (Å²) in [6, 6.07) is 16.6. The van der Waals surface area contributed by atoms with Crippen molar-refractivity contribution in [1.82, 2.24) is 24.8 Å². The molecule has 0 saturated heterocycles. The lowest BCUT2D eigenvalue weighted by atomic mass is 9.90. The lowest BCUT2D eigenvalue weighted by Crippen LogP contribution is -2.31. The number of nitrogens with one attached hydrogen (secondary N) is 1. The number of benzene rings is 1. The van der Waals surface area contributed by atoms with Gasteiger partial charge in [-0.2, -0.15) is 0 Å². The summed E-state index contributed by atoms with van der Waals surface area (Å²) in [5.41, 5.74) is 11.5. The molecule has 1 aliphatic carbocycles. The summed E-state index contributed by atoms with van der Waals surface area (Å²) < 4.78 is 0. The Kier molecular flexibility index (Phi) is 6.11. The largest absolute Gasteiger partial charge is 0.384 e. The van der Waals surface area contributed by atoms with Crippen LogP contribution in [0.3, 0.4) is 0 Å². The number of aryl methyl sites for hydroxylation is 1. The quantitative estimate of drug-likeness (QED) is 0.451. The van der Waals surface area contributed by atoms with Crippen LogP contribution in [-0.4, -0.2) is 24.8 Å². The number of nitrogen functional groups attached to an aromatic ring is 1. The van der Waals surface area contributed by atoms with Crippen molar-refractivity contribution in [2.24, 2.45) is 0 Å². The molecule has 1 atom stereocenters. The zero-order valence-corrected chi connectivity index (χ0v) is 18.4. The average Bonchev–Trinajstić information content (AvgIpc) is 3.17. The molecule has 30 heavy (non-hydrogen) atoms. The van der Waals surface area contributed by atoms with E-state index >= 15 is 0 Å². The summed E-state index contributed by atoms with van der Waals surface area (Å²) in [4.78, 5) is 19.8. The van der Waals surface area contributed by atoms with Crippen LogP contribution in [0.4, 0.5) is 5.82 Å². The number of rotatable bonds is 5. The summed E-state index contributed by atoms with van der Waals surface area (Å²) in [7, 11) is 0. The SMILES string of the molecule is Br.Nc1ccc(CN(Cc2nc3ccccc3[nH]2)C2CCCc3cccnc32)cn1. The summed E-state index contributed by atoms with van der Waals surface area (Å²) in [5, 5.41) is 0. The number of nitrogens with two attached hydrogens (primary N) is 1. The second-order valence-electron chi connectivity index (χ2n) is 7.65. The Labute approximate surface area is 186 Å². The van der Waals surface area contributed by atoms with E-state index in [1.165, 1.54) is 17.7 Å². The van der Waals surface area contributed by atoms with Crippen molar-refractivity contribution in [1.29, 1.82) is 0 Å². The summed E-state index contributed by atoms with van der Waals surface area (Å²) >= 11 is 0. The number of pyridine rings is 2.